The van der Waals surface area contributed by atoms with Crippen molar-refractivity contribution in [2.75, 3.05) is 11.1 Å². The minimum atomic E-state index is -0.310. The molecule has 0 spiro atoms. The van der Waals surface area contributed by atoms with E-state index in [9.17, 15) is 9.18 Å². The molecule has 1 N–H and O–H groups in total. The average molecular weight is 434 g/mol. The highest BCUT2D eigenvalue weighted by Crippen LogP contribution is 2.25. The third kappa shape index (κ3) is 5.29. The quantitative estimate of drug-likeness (QED) is 0.408. The van der Waals surface area contributed by atoms with Crippen LogP contribution >= 0.6 is 11.8 Å². The molecule has 4 rings (SSSR count). The number of anilines is 1. The van der Waals surface area contributed by atoms with E-state index in [4.69, 9.17) is 4.74 Å². The molecule has 3 aromatic carbocycles. The van der Waals surface area contributed by atoms with Crippen molar-refractivity contribution in [1.29, 1.82) is 0 Å². The molecule has 0 aliphatic carbocycles. The first kappa shape index (κ1) is 20.6. The fourth-order valence-corrected chi connectivity index (χ4v) is 3.59. The molecule has 0 aliphatic heterocycles. The molecular weight excluding hydrogens is 415 g/mol. The van der Waals surface area contributed by atoms with E-state index in [2.05, 4.69) is 15.5 Å². The van der Waals surface area contributed by atoms with Gasteiger partial charge in [0, 0.05) is 24.4 Å². The molecular formula is C23H19FN4O2S. The highest BCUT2D eigenvalue weighted by Gasteiger charge is 2.13. The van der Waals surface area contributed by atoms with Gasteiger partial charge in [0.1, 0.15) is 17.3 Å². The second-order valence-corrected chi connectivity index (χ2v) is 7.59. The summed E-state index contributed by atoms with van der Waals surface area (Å²) in [5, 5.41) is 11.7. The second-order valence-electron chi connectivity index (χ2n) is 6.65. The van der Waals surface area contributed by atoms with Crippen LogP contribution in [0, 0.1) is 5.82 Å². The van der Waals surface area contributed by atoms with Crippen LogP contribution in [0.15, 0.2) is 84.0 Å². The number of benzene rings is 3. The Balaban J connectivity index is 1.36. The third-order valence-electron chi connectivity index (χ3n) is 4.37. The van der Waals surface area contributed by atoms with E-state index in [1.807, 2.05) is 49.5 Å². The van der Waals surface area contributed by atoms with E-state index in [0.717, 1.165) is 11.3 Å². The van der Waals surface area contributed by atoms with Crippen LogP contribution in [-0.2, 0) is 11.8 Å². The second kappa shape index (κ2) is 9.44. The normalized spacial score (nSPS) is 10.6. The van der Waals surface area contributed by atoms with Crippen molar-refractivity contribution in [2.45, 2.75) is 5.16 Å². The van der Waals surface area contributed by atoms with Crippen molar-refractivity contribution < 1.29 is 13.9 Å². The Morgan fingerprint density at radius 3 is 2.52 bits per heavy atom. The van der Waals surface area contributed by atoms with Crippen molar-refractivity contribution in [1.82, 2.24) is 14.8 Å². The first-order valence-electron chi connectivity index (χ1n) is 9.49. The molecule has 156 valence electrons. The summed E-state index contributed by atoms with van der Waals surface area (Å²) in [6.07, 6.45) is 0. The zero-order valence-electron chi connectivity index (χ0n) is 16.7. The van der Waals surface area contributed by atoms with Gasteiger partial charge in [-0.05, 0) is 48.5 Å². The number of carbonyl (C=O) groups is 1. The number of hydrogen-bond acceptors (Lipinski definition) is 5. The number of hydrogen-bond donors (Lipinski definition) is 1. The number of aromatic nitrogens is 3. The van der Waals surface area contributed by atoms with Crippen molar-refractivity contribution >= 4 is 23.4 Å². The lowest BCUT2D eigenvalue weighted by Crippen LogP contribution is -2.14. The highest BCUT2D eigenvalue weighted by molar-refractivity contribution is 7.99. The molecule has 6 nitrogen and oxygen atoms in total. The monoisotopic (exact) mass is 434 g/mol. The number of nitrogens with one attached hydrogen (secondary N) is 1. The molecule has 4 aromatic rings. The maximum atomic E-state index is 13.1. The van der Waals surface area contributed by atoms with Gasteiger partial charge in [-0.3, -0.25) is 4.79 Å². The van der Waals surface area contributed by atoms with Crippen molar-refractivity contribution in [2.24, 2.45) is 7.05 Å². The molecule has 1 amide bonds. The maximum absolute atomic E-state index is 13.1. The zero-order valence-corrected chi connectivity index (χ0v) is 17.5. The smallest absolute Gasteiger partial charge is 0.234 e. The summed E-state index contributed by atoms with van der Waals surface area (Å²) >= 11 is 1.27. The number of thioether (sulfide) groups is 1. The van der Waals surface area contributed by atoms with E-state index < -0.39 is 0 Å². The van der Waals surface area contributed by atoms with Crippen LogP contribution in [0.4, 0.5) is 10.1 Å². The molecule has 0 fully saturated rings. The first-order chi connectivity index (χ1) is 15.1. The molecule has 0 aliphatic rings. The van der Waals surface area contributed by atoms with Gasteiger partial charge in [0.05, 0.1) is 5.75 Å². The minimum absolute atomic E-state index is 0.166. The van der Waals surface area contributed by atoms with Gasteiger partial charge < -0.3 is 14.6 Å². The Morgan fingerprint density at radius 2 is 1.74 bits per heavy atom. The van der Waals surface area contributed by atoms with E-state index in [1.165, 1.54) is 23.9 Å². The van der Waals surface area contributed by atoms with Crippen LogP contribution in [0.5, 0.6) is 11.5 Å². The summed E-state index contributed by atoms with van der Waals surface area (Å²) < 4.78 is 20.7. The van der Waals surface area contributed by atoms with Gasteiger partial charge in [-0.25, -0.2) is 4.39 Å². The highest BCUT2D eigenvalue weighted by atomic mass is 32.2. The minimum Gasteiger partial charge on any atom is -0.457 e. The van der Waals surface area contributed by atoms with Gasteiger partial charge in [0.2, 0.25) is 5.91 Å². The summed E-state index contributed by atoms with van der Waals surface area (Å²) in [7, 11) is 1.81. The Bertz CT molecular complexity index is 1180. The third-order valence-corrected chi connectivity index (χ3v) is 5.39. The number of rotatable bonds is 7. The first-order valence-corrected chi connectivity index (χ1v) is 10.5. The van der Waals surface area contributed by atoms with E-state index in [1.54, 1.807) is 28.8 Å². The topological polar surface area (TPSA) is 69.0 Å². The summed E-state index contributed by atoms with van der Waals surface area (Å²) in [5.41, 5.74) is 1.40. The molecule has 0 radical (unpaired) electrons. The van der Waals surface area contributed by atoms with Crippen LogP contribution in [0.3, 0.4) is 0 Å². The van der Waals surface area contributed by atoms with Crippen LogP contribution < -0.4 is 10.1 Å². The number of nitrogens with zero attached hydrogens (tertiary/aromatic N) is 3. The van der Waals surface area contributed by atoms with Gasteiger partial charge in [-0.15, -0.1) is 10.2 Å². The number of amides is 1. The van der Waals surface area contributed by atoms with Gasteiger partial charge >= 0.3 is 0 Å². The van der Waals surface area contributed by atoms with E-state index in [0.29, 0.717) is 22.4 Å². The van der Waals surface area contributed by atoms with Gasteiger partial charge in [-0.2, -0.15) is 0 Å². The molecule has 0 unspecified atom stereocenters. The molecule has 31 heavy (non-hydrogen) atoms. The van der Waals surface area contributed by atoms with Gasteiger partial charge in [0.15, 0.2) is 11.0 Å². The standard InChI is InChI=1S/C23H19FN4O2S/c1-28-22(16-10-12-17(24)13-11-16)26-27-23(28)31-15-21(29)25-18-6-5-9-20(14-18)30-19-7-3-2-4-8-19/h2-14H,15H2,1H3,(H,25,29). The molecule has 0 saturated heterocycles. The summed E-state index contributed by atoms with van der Waals surface area (Å²) in [4.78, 5) is 12.4. The predicted octanol–water partition coefficient (Wildman–Crippen LogP) is 5.14. The summed E-state index contributed by atoms with van der Waals surface area (Å²) in [6, 6.07) is 22.7. The lowest BCUT2D eigenvalue weighted by Gasteiger charge is -2.09. The Morgan fingerprint density at radius 1 is 1.00 bits per heavy atom. The number of ether oxygens (including phenoxy) is 1. The number of halogens is 1. The lowest BCUT2D eigenvalue weighted by atomic mass is 10.2. The van der Waals surface area contributed by atoms with Crippen molar-refractivity contribution in [3.8, 4) is 22.9 Å². The van der Waals surface area contributed by atoms with Crippen LogP contribution in [0.1, 0.15) is 0 Å². The average Bonchev–Trinajstić information content (AvgIpc) is 3.14. The predicted molar refractivity (Wildman–Crippen MR) is 119 cm³/mol. The van der Waals surface area contributed by atoms with Crippen LogP contribution in [-0.4, -0.2) is 26.4 Å². The lowest BCUT2D eigenvalue weighted by molar-refractivity contribution is -0.113. The molecule has 1 aromatic heterocycles. The Hall–Kier alpha value is -3.65. The number of para-hydroxylation sites is 1. The van der Waals surface area contributed by atoms with Crippen molar-refractivity contribution in [3.05, 3.63) is 84.7 Å². The molecule has 8 heteroatoms. The van der Waals surface area contributed by atoms with Crippen molar-refractivity contribution in [3.63, 3.8) is 0 Å². The van der Waals surface area contributed by atoms with Crippen LogP contribution in [0.25, 0.3) is 11.4 Å². The SMILES string of the molecule is Cn1c(SCC(=O)Nc2cccc(Oc3ccccc3)c2)nnc1-c1ccc(F)cc1. The number of carbonyl (C=O) groups excluding carboxylic acids is 1. The fourth-order valence-electron chi connectivity index (χ4n) is 2.88. The Labute approximate surface area is 183 Å². The molecule has 0 bridgehead atoms. The summed E-state index contributed by atoms with van der Waals surface area (Å²) in [6.45, 7) is 0. The zero-order chi connectivity index (χ0) is 21.6. The largest absolute Gasteiger partial charge is 0.457 e. The van der Waals surface area contributed by atoms with E-state index >= 15 is 0 Å². The van der Waals surface area contributed by atoms with E-state index in [-0.39, 0.29) is 17.5 Å². The molecule has 0 saturated carbocycles. The van der Waals surface area contributed by atoms with Gasteiger partial charge in [0.25, 0.3) is 0 Å². The summed E-state index contributed by atoms with van der Waals surface area (Å²) in [5.74, 6) is 1.64. The van der Waals surface area contributed by atoms with Crippen LogP contribution in [0.2, 0.25) is 0 Å². The van der Waals surface area contributed by atoms with Gasteiger partial charge in [-0.1, -0.05) is 36.0 Å². The molecule has 0 atom stereocenters. The molecule has 1 heterocycles. The maximum Gasteiger partial charge on any atom is 0.234 e. The Kier molecular flexibility index (Phi) is 6.28. The fraction of sp³-hybridized carbons (Fsp3) is 0.0870.